The number of rotatable bonds is 4. The summed E-state index contributed by atoms with van der Waals surface area (Å²) < 4.78 is 11.3. The second-order valence-corrected chi connectivity index (χ2v) is 6.78. The Morgan fingerprint density at radius 3 is 2.52 bits per heavy atom. The highest BCUT2D eigenvalue weighted by Gasteiger charge is 2.20. The second kappa shape index (κ2) is 7.70. The highest BCUT2D eigenvalue weighted by molar-refractivity contribution is 6.04. The summed E-state index contributed by atoms with van der Waals surface area (Å²) in [5, 5.41) is 2.89. The van der Waals surface area contributed by atoms with Gasteiger partial charge in [0.25, 0.3) is 5.91 Å². The molecule has 0 atom stereocenters. The number of carbonyl (C=O) groups excluding carboxylic acids is 2. The van der Waals surface area contributed by atoms with E-state index in [1.54, 1.807) is 24.3 Å². The zero-order valence-corrected chi connectivity index (χ0v) is 15.1. The van der Waals surface area contributed by atoms with Crippen molar-refractivity contribution in [1.82, 2.24) is 4.90 Å². The largest absolute Gasteiger partial charge is 0.490 e. The number of amides is 2. The summed E-state index contributed by atoms with van der Waals surface area (Å²) >= 11 is 0. The second-order valence-electron chi connectivity index (χ2n) is 6.78. The smallest absolute Gasteiger partial charge is 0.255 e. The molecule has 1 fully saturated rings. The molecule has 0 radical (unpaired) electrons. The van der Waals surface area contributed by atoms with Gasteiger partial charge in [-0.3, -0.25) is 9.59 Å². The normalized spacial score (nSPS) is 16.1. The molecule has 2 aromatic rings. The zero-order valence-electron chi connectivity index (χ0n) is 15.1. The lowest BCUT2D eigenvalue weighted by atomic mass is 10.1. The lowest BCUT2D eigenvalue weighted by Gasteiger charge is -2.15. The molecule has 0 bridgehead atoms. The number of likely N-dealkylation sites (tertiary alicyclic amines) is 1. The predicted molar refractivity (Wildman–Crippen MR) is 101 cm³/mol. The quantitative estimate of drug-likeness (QED) is 0.902. The number of anilines is 1. The van der Waals surface area contributed by atoms with E-state index in [4.69, 9.17) is 9.47 Å². The number of carbonyl (C=O) groups is 2. The number of ether oxygens (including phenoxy) is 2. The summed E-state index contributed by atoms with van der Waals surface area (Å²) in [4.78, 5) is 26.1. The molecule has 1 N–H and O–H groups in total. The maximum atomic E-state index is 12.5. The average Bonchev–Trinajstić information content (AvgIpc) is 2.93. The number of nitrogens with zero attached hydrogens (tertiary/aromatic N) is 1. The fourth-order valence-electron chi connectivity index (χ4n) is 3.30. The number of hydrogen-bond acceptors (Lipinski definition) is 4. The van der Waals surface area contributed by atoms with E-state index < -0.39 is 0 Å². The molecule has 2 aliphatic heterocycles. The summed E-state index contributed by atoms with van der Waals surface area (Å²) in [5.74, 6) is 1.36. The third kappa shape index (κ3) is 4.05. The van der Waals surface area contributed by atoms with Crippen LogP contribution in [0.3, 0.4) is 0 Å². The van der Waals surface area contributed by atoms with Crippen LogP contribution >= 0.6 is 0 Å². The summed E-state index contributed by atoms with van der Waals surface area (Å²) in [6.07, 6.45) is 2.40. The average molecular weight is 366 g/mol. The minimum atomic E-state index is -0.187. The number of hydrogen-bond donors (Lipinski definition) is 1. The van der Waals surface area contributed by atoms with Gasteiger partial charge in [0.15, 0.2) is 11.5 Å². The van der Waals surface area contributed by atoms with E-state index in [2.05, 4.69) is 5.32 Å². The highest BCUT2D eigenvalue weighted by Crippen LogP contribution is 2.32. The van der Waals surface area contributed by atoms with Gasteiger partial charge in [-0.2, -0.15) is 0 Å². The van der Waals surface area contributed by atoms with Gasteiger partial charge in [0.2, 0.25) is 5.91 Å². The Labute approximate surface area is 158 Å². The van der Waals surface area contributed by atoms with E-state index >= 15 is 0 Å². The Morgan fingerprint density at radius 1 is 1.00 bits per heavy atom. The molecule has 0 unspecified atom stereocenters. The van der Waals surface area contributed by atoms with E-state index in [-0.39, 0.29) is 11.8 Å². The molecule has 0 aliphatic carbocycles. The van der Waals surface area contributed by atoms with E-state index in [0.29, 0.717) is 48.9 Å². The first-order valence-electron chi connectivity index (χ1n) is 9.27. The van der Waals surface area contributed by atoms with Crippen LogP contribution in [0.15, 0.2) is 42.5 Å². The van der Waals surface area contributed by atoms with Crippen molar-refractivity contribution in [3.05, 3.63) is 53.6 Å². The Kier molecular flexibility index (Phi) is 4.96. The Morgan fingerprint density at radius 2 is 1.78 bits per heavy atom. The van der Waals surface area contributed by atoms with Crippen LogP contribution < -0.4 is 14.8 Å². The Bertz CT molecular complexity index is 848. The van der Waals surface area contributed by atoms with Crippen LogP contribution in [0.1, 0.15) is 35.2 Å². The number of benzene rings is 2. The summed E-state index contributed by atoms with van der Waals surface area (Å²) in [5.41, 5.74) is 2.26. The van der Waals surface area contributed by atoms with Crippen molar-refractivity contribution in [2.75, 3.05) is 25.1 Å². The van der Waals surface area contributed by atoms with Crippen molar-refractivity contribution in [2.24, 2.45) is 0 Å². The van der Waals surface area contributed by atoms with Gasteiger partial charge >= 0.3 is 0 Å². The van der Waals surface area contributed by atoms with Crippen molar-refractivity contribution >= 4 is 17.5 Å². The topological polar surface area (TPSA) is 67.9 Å². The van der Waals surface area contributed by atoms with Gasteiger partial charge in [-0.05, 0) is 36.2 Å². The minimum Gasteiger partial charge on any atom is -0.490 e. The van der Waals surface area contributed by atoms with Crippen molar-refractivity contribution in [3.8, 4) is 11.5 Å². The van der Waals surface area contributed by atoms with Gasteiger partial charge in [0, 0.05) is 43.2 Å². The van der Waals surface area contributed by atoms with E-state index in [1.807, 2.05) is 23.1 Å². The maximum Gasteiger partial charge on any atom is 0.255 e. The first-order valence-corrected chi connectivity index (χ1v) is 9.27. The van der Waals surface area contributed by atoms with E-state index in [9.17, 15) is 9.59 Å². The van der Waals surface area contributed by atoms with Gasteiger partial charge < -0.3 is 19.7 Å². The monoisotopic (exact) mass is 366 g/mol. The van der Waals surface area contributed by atoms with Crippen LogP contribution in [0, 0.1) is 0 Å². The molecule has 140 valence electrons. The molecule has 0 saturated carbocycles. The van der Waals surface area contributed by atoms with Gasteiger partial charge in [-0.25, -0.2) is 0 Å². The number of fused-ring (bicyclic) bond motifs is 1. The molecular formula is C21H22N2O4. The molecular weight excluding hydrogens is 344 g/mol. The summed E-state index contributed by atoms with van der Waals surface area (Å²) in [6, 6.07) is 12.8. The highest BCUT2D eigenvalue weighted by atomic mass is 16.5. The first-order chi connectivity index (χ1) is 13.2. The van der Waals surface area contributed by atoms with Crippen LogP contribution in [-0.2, 0) is 11.3 Å². The molecule has 6 nitrogen and oxygen atoms in total. The minimum absolute atomic E-state index is 0.187. The molecule has 6 heteroatoms. The van der Waals surface area contributed by atoms with Gasteiger partial charge in [-0.15, -0.1) is 0 Å². The molecule has 2 aromatic carbocycles. The maximum absolute atomic E-state index is 12.5. The van der Waals surface area contributed by atoms with Crippen LogP contribution in [0.25, 0.3) is 0 Å². The summed E-state index contributed by atoms with van der Waals surface area (Å²) in [7, 11) is 0. The zero-order chi connectivity index (χ0) is 18.6. The molecule has 0 aromatic heterocycles. The van der Waals surface area contributed by atoms with Crippen molar-refractivity contribution in [3.63, 3.8) is 0 Å². The Balaban J connectivity index is 1.41. The lowest BCUT2D eigenvalue weighted by molar-refractivity contribution is -0.128. The van der Waals surface area contributed by atoms with Crippen molar-refractivity contribution < 1.29 is 19.1 Å². The number of nitrogens with one attached hydrogen (secondary N) is 1. The van der Waals surface area contributed by atoms with E-state index in [1.165, 1.54) is 0 Å². The van der Waals surface area contributed by atoms with Gasteiger partial charge in [-0.1, -0.05) is 12.1 Å². The van der Waals surface area contributed by atoms with Crippen molar-refractivity contribution in [1.29, 1.82) is 0 Å². The fraction of sp³-hybridized carbons (Fsp3) is 0.333. The molecule has 2 heterocycles. The molecule has 27 heavy (non-hydrogen) atoms. The molecule has 4 rings (SSSR count). The van der Waals surface area contributed by atoms with Crippen LogP contribution in [0.4, 0.5) is 5.69 Å². The summed E-state index contributed by atoms with van der Waals surface area (Å²) in [6.45, 7) is 2.65. The third-order valence-corrected chi connectivity index (χ3v) is 4.77. The predicted octanol–water partition coefficient (Wildman–Crippen LogP) is 3.22. The molecule has 1 saturated heterocycles. The van der Waals surface area contributed by atoms with Crippen molar-refractivity contribution in [2.45, 2.75) is 25.8 Å². The standard InChI is InChI=1S/C21H22N2O4/c24-20-3-1-10-23(20)14-15-4-6-16(7-5-15)21(25)22-17-8-9-18-19(13-17)27-12-2-11-26-18/h4-9,13H,1-3,10-12,14H2,(H,22,25). The van der Waals surface area contributed by atoms with Crippen LogP contribution in [-0.4, -0.2) is 36.5 Å². The van der Waals surface area contributed by atoms with Gasteiger partial charge in [0.05, 0.1) is 13.2 Å². The van der Waals surface area contributed by atoms with E-state index in [0.717, 1.165) is 24.9 Å². The van der Waals surface area contributed by atoms with Crippen LogP contribution in [0.5, 0.6) is 11.5 Å². The first kappa shape index (κ1) is 17.4. The Hall–Kier alpha value is -3.02. The molecule has 2 amide bonds. The van der Waals surface area contributed by atoms with Gasteiger partial charge in [0.1, 0.15) is 0 Å². The third-order valence-electron chi connectivity index (χ3n) is 4.77. The lowest BCUT2D eigenvalue weighted by Crippen LogP contribution is -2.23. The molecule has 2 aliphatic rings. The molecule has 0 spiro atoms. The van der Waals surface area contributed by atoms with Crippen LogP contribution in [0.2, 0.25) is 0 Å². The SMILES string of the molecule is O=C(Nc1ccc2c(c1)OCCCO2)c1ccc(CN2CCCC2=O)cc1. The fourth-order valence-corrected chi connectivity index (χ4v) is 3.30.